The maximum absolute atomic E-state index is 10.0. The fourth-order valence-electron chi connectivity index (χ4n) is 0.461. The predicted molar refractivity (Wildman–Crippen MR) is 47.9 cm³/mol. The summed E-state index contributed by atoms with van der Waals surface area (Å²) in [6.45, 7) is 0.501. The van der Waals surface area contributed by atoms with E-state index in [9.17, 15) is 4.79 Å². The molecule has 0 aromatic rings. The summed E-state index contributed by atoms with van der Waals surface area (Å²) in [4.78, 5) is 10.0. The summed E-state index contributed by atoms with van der Waals surface area (Å²) in [6, 6.07) is -0.742. The third kappa shape index (κ3) is 9.68. The molecule has 0 aromatic heterocycles. The van der Waals surface area contributed by atoms with Crippen molar-refractivity contribution >= 4 is 18.4 Å². The first-order valence-electron chi connectivity index (χ1n) is 2.87. The Hall–Kier alpha value is -0.320. The summed E-state index contributed by atoms with van der Waals surface area (Å²) < 4.78 is 0. The van der Waals surface area contributed by atoms with Crippen molar-refractivity contribution in [1.29, 1.82) is 0 Å². The summed E-state index contributed by atoms with van der Waals surface area (Å²) >= 11 is 0. The first-order chi connectivity index (χ1) is 4.18. The number of nitrogens with two attached hydrogens (primary N) is 2. The van der Waals surface area contributed by atoms with E-state index in [4.69, 9.17) is 16.6 Å². The standard InChI is InChI=1S/C5H12N2O2.CH4.ClH/c6-3-1-2-4(7)5(8)9;;/h4H,1-3,6-7H2,(H,8,9);1H4;1H/t4-;;/m1../s1. The molecule has 0 heterocycles. The topological polar surface area (TPSA) is 89.3 Å². The van der Waals surface area contributed by atoms with Gasteiger partial charge in [-0.25, -0.2) is 0 Å². The fourth-order valence-corrected chi connectivity index (χ4v) is 0.461. The smallest absolute Gasteiger partial charge is 0.320 e. The van der Waals surface area contributed by atoms with Gasteiger partial charge in [0.2, 0.25) is 0 Å². The molecule has 0 saturated carbocycles. The van der Waals surface area contributed by atoms with E-state index in [2.05, 4.69) is 0 Å². The van der Waals surface area contributed by atoms with Crippen LogP contribution in [0.1, 0.15) is 20.3 Å². The van der Waals surface area contributed by atoms with Crippen molar-refractivity contribution in [3.05, 3.63) is 0 Å². The molecule has 4 nitrogen and oxygen atoms in total. The Bertz CT molecular complexity index is 101. The van der Waals surface area contributed by atoms with Gasteiger partial charge in [0.05, 0.1) is 0 Å². The first-order valence-corrected chi connectivity index (χ1v) is 2.87. The quantitative estimate of drug-likeness (QED) is 0.582. The maximum atomic E-state index is 10.0. The molecule has 0 radical (unpaired) electrons. The third-order valence-corrected chi connectivity index (χ3v) is 1.04. The molecule has 0 spiro atoms. The van der Waals surface area contributed by atoms with E-state index in [1.807, 2.05) is 0 Å². The molecule has 0 aliphatic carbocycles. The number of aliphatic carboxylic acids is 1. The van der Waals surface area contributed by atoms with Crippen LogP contribution < -0.4 is 11.5 Å². The van der Waals surface area contributed by atoms with Crippen LogP contribution in [0.2, 0.25) is 0 Å². The van der Waals surface area contributed by atoms with Crippen LogP contribution in [-0.4, -0.2) is 23.7 Å². The van der Waals surface area contributed by atoms with Crippen molar-refractivity contribution in [3.63, 3.8) is 0 Å². The predicted octanol–water partition coefficient (Wildman–Crippen LogP) is 0.195. The molecule has 0 saturated heterocycles. The zero-order valence-corrected chi connectivity index (χ0v) is 6.43. The fraction of sp³-hybridized carbons (Fsp3) is 0.833. The Labute approximate surface area is 73.4 Å². The molecule has 5 heteroatoms. The van der Waals surface area contributed by atoms with Crippen LogP contribution in [0.3, 0.4) is 0 Å². The van der Waals surface area contributed by atoms with Gasteiger partial charge in [0.25, 0.3) is 0 Å². The molecular weight excluding hydrogens is 168 g/mol. The van der Waals surface area contributed by atoms with Gasteiger partial charge in [0, 0.05) is 0 Å². The maximum Gasteiger partial charge on any atom is 0.320 e. The monoisotopic (exact) mass is 184 g/mol. The molecule has 0 amide bonds. The third-order valence-electron chi connectivity index (χ3n) is 1.04. The van der Waals surface area contributed by atoms with Crippen LogP contribution >= 0.6 is 12.4 Å². The van der Waals surface area contributed by atoms with E-state index >= 15 is 0 Å². The molecule has 11 heavy (non-hydrogen) atoms. The molecule has 0 aliphatic rings. The minimum Gasteiger partial charge on any atom is -0.480 e. The second-order valence-corrected chi connectivity index (χ2v) is 1.88. The van der Waals surface area contributed by atoms with Crippen LogP contribution in [0, 0.1) is 0 Å². The van der Waals surface area contributed by atoms with Crippen molar-refractivity contribution in [2.75, 3.05) is 6.54 Å². The van der Waals surface area contributed by atoms with E-state index in [0.717, 1.165) is 0 Å². The molecule has 0 aliphatic heterocycles. The summed E-state index contributed by atoms with van der Waals surface area (Å²) in [5.74, 6) is -0.955. The number of carboxylic acids is 1. The van der Waals surface area contributed by atoms with E-state index in [-0.39, 0.29) is 19.8 Å². The second-order valence-electron chi connectivity index (χ2n) is 1.88. The van der Waals surface area contributed by atoms with Gasteiger partial charge in [-0.05, 0) is 19.4 Å². The van der Waals surface area contributed by atoms with Crippen molar-refractivity contribution < 1.29 is 9.90 Å². The first kappa shape index (κ1) is 17.0. The van der Waals surface area contributed by atoms with Crippen LogP contribution in [0.4, 0.5) is 0 Å². The van der Waals surface area contributed by atoms with Gasteiger partial charge in [0.15, 0.2) is 0 Å². The normalized spacial score (nSPS) is 10.7. The molecule has 0 unspecified atom stereocenters. The summed E-state index contributed by atoms with van der Waals surface area (Å²) in [5, 5.41) is 8.24. The Morgan fingerprint density at radius 1 is 1.55 bits per heavy atom. The average molecular weight is 185 g/mol. The molecule has 1 atom stereocenters. The summed E-state index contributed by atoms with van der Waals surface area (Å²) in [6.07, 6.45) is 1.14. The lowest BCUT2D eigenvalue weighted by atomic mass is 10.2. The highest BCUT2D eigenvalue weighted by atomic mass is 35.5. The zero-order valence-electron chi connectivity index (χ0n) is 5.62. The van der Waals surface area contributed by atoms with E-state index in [1.165, 1.54) is 0 Å². The van der Waals surface area contributed by atoms with Gasteiger partial charge in [-0.1, -0.05) is 7.43 Å². The van der Waals surface area contributed by atoms with Crippen molar-refractivity contribution in [2.24, 2.45) is 11.5 Å². The number of carboxylic acid groups (broad SMARTS) is 1. The highest BCUT2D eigenvalue weighted by molar-refractivity contribution is 5.85. The summed E-state index contributed by atoms with van der Waals surface area (Å²) in [7, 11) is 0. The highest BCUT2D eigenvalue weighted by Gasteiger charge is 2.08. The number of rotatable bonds is 4. The van der Waals surface area contributed by atoms with Gasteiger partial charge in [-0.15, -0.1) is 12.4 Å². The Balaban J connectivity index is -0.000000320. The number of hydrogen-bond acceptors (Lipinski definition) is 3. The lowest BCUT2D eigenvalue weighted by molar-refractivity contribution is -0.138. The number of carbonyl (C=O) groups is 1. The van der Waals surface area contributed by atoms with E-state index in [1.54, 1.807) is 0 Å². The highest BCUT2D eigenvalue weighted by Crippen LogP contribution is 1.91. The van der Waals surface area contributed by atoms with E-state index < -0.39 is 12.0 Å². The molecular formula is C6H17ClN2O2. The van der Waals surface area contributed by atoms with E-state index in [0.29, 0.717) is 19.4 Å². The molecule has 0 aromatic carbocycles. The van der Waals surface area contributed by atoms with Gasteiger partial charge in [-0.2, -0.15) is 0 Å². The number of halogens is 1. The SMILES string of the molecule is C.Cl.NCCC[C@@H](N)C(=O)O. The van der Waals surface area contributed by atoms with Crippen molar-refractivity contribution in [1.82, 2.24) is 0 Å². The zero-order chi connectivity index (χ0) is 7.28. The van der Waals surface area contributed by atoms with Crippen molar-refractivity contribution in [2.45, 2.75) is 26.3 Å². The molecule has 0 rings (SSSR count). The van der Waals surface area contributed by atoms with Crippen LogP contribution in [0.25, 0.3) is 0 Å². The molecule has 5 N–H and O–H groups in total. The summed E-state index contributed by atoms with van der Waals surface area (Å²) in [5.41, 5.74) is 10.3. The van der Waals surface area contributed by atoms with Crippen LogP contribution in [-0.2, 0) is 4.79 Å². The van der Waals surface area contributed by atoms with Gasteiger partial charge in [-0.3, -0.25) is 4.79 Å². The molecule has 70 valence electrons. The van der Waals surface area contributed by atoms with Crippen LogP contribution in [0.5, 0.6) is 0 Å². The minimum atomic E-state index is -0.955. The van der Waals surface area contributed by atoms with Gasteiger partial charge < -0.3 is 16.6 Å². The molecule has 0 fully saturated rings. The minimum absolute atomic E-state index is 0. The average Bonchev–Trinajstić information content (AvgIpc) is 1.82. The molecule has 0 bridgehead atoms. The Morgan fingerprint density at radius 2 is 2.00 bits per heavy atom. The van der Waals surface area contributed by atoms with Crippen LogP contribution in [0.15, 0.2) is 0 Å². The largest absolute Gasteiger partial charge is 0.480 e. The van der Waals surface area contributed by atoms with Gasteiger partial charge in [0.1, 0.15) is 6.04 Å². The number of hydrogen-bond donors (Lipinski definition) is 3. The second kappa shape index (κ2) is 9.68. The van der Waals surface area contributed by atoms with Crippen molar-refractivity contribution in [3.8, 4) is 0 Å². The Morgan fingerprint density at radius 3 is 2.27 bits per heavy atom. The lowest BCUT2D eigenvalue weighted by Gasteiger charge is -2.02. The Kier molecular flexibility index (Phi) is 14.9. The lowest BCUT2D eigenvalue weighted by Crippen LogP contribution is -2.30. The van der Waals surface area contributed by atoms with Gasteiger partial charge >= 0.3 is 5.97 Å².